The van der Waals surface area contributed by atoms with Crippen molar-refractivity contribution in [2.45, 2.75) is 31.9 Å². The second-order valence-electron chi connectivity index (χ2n) is 8.49. The van der Waals surface area contributed by atoms with E-state index in [2.05, 4.69) is 41.8 Å². The van der Waals surface area contributed by atoms with Gasteiger partial charge in [-0.3, -0.25) is 13.7 Å². The topological polar surface area (TPSA) is 150 Å². The summed E-state index contributed by atoms with van der Waals surface area (Å²) >= 11 is 8.50. The molecule has 3 atom stereocenters. The molecule has 0 amide bonds. The van der Waals surface area contributed by atoms with E-state index in [4.69, 9.17) is 16.7 Å². The summed E-state index contributed by atoms with van der Waals surface area (Å²) < 4.78 is 29.5. The molecule has 186 valence electrons. The molecule has 1 aliphatic carbocycles. The zero-order valence-corrected chi connectivity index (χ0v) is 22.1. The van der Waals surface area contributed by atoms with Crippen molar-refractivity contribution < 1.29 is 22.5 Å². The van der Waals surface area contributed by atoms with Gasteiger partial charge in [0.2, 0.25) is 5.78 Å². The zero-order valence-electron chi connectivity index (χ0n) is 18.4. The minimum absolute atomic E-state index is 0.0132. The van der Waals surface area contributed by atoms with Crippen LogP contribution in [0, 0.1) is 15.4 Å². The number of ketones is 1. The Morgan fingerprint density at radius 3 is 2.89 bits per heavy atom. The SMILES string of the molecule is NS(=O)(=O)OC[C@H]1C[C@@H](Cc2ncncc2C(=O)c2ccn(Cc3cc(I)ccc3Cl)n2)C[C@@H]1O. The second-order valence-corrected chi connectivity index (χ2v) is 11.4. The summed E-state index contributed by atoms with van der Waals surface area (Å²) in [6.45, 7) is 0.233. The molecule has 1 aromatic carbocycles. The minimum Gasteiger partial charge on any atom is -0.393 e. The normalized spacial score (nSPS) is 20.3. The fourth-order valence-corrected chi connectivity index (χ4v) is 5.37. The first kappa shape index (κ1) is 26.1. The molecule has 13 heteroatoms. The van der Waals surface area contributed by atoms with Gasteiger partial charge in [0, 0.05) is 26.9 Å². The number of hydrogen-bond donors (Lipinski definition) is 2. The lowest BCUT2D eigenvalue weighted by Crippen LogP contribution is -2.24. The van der Waals surface area contributed by atoms with Gasteiger partial charge in [0.05, 0.1) is 30.5 Å². The fraction of sp³-hybridized carbons (Fsp3) is 0.364. The number of carbonyl (C=O) groups excluding carboxylic acids is 1. The van der Waals surface area contributed by atoms with Crippen LogP contribution in [0.25, 0.3) is 0 Å². The largest absolute Gasteiger partial charge is 0.393 e. The van der Waals surface area contributed by atoms with Gasteiger partial charge in [-0.1, -0.05) is 11.6 Å². The van der Waals surface area contributed by atoms with Gasteiger partial charge in [0.25, 0.3) is 0 Å². The molecule has 1 fully saturated rings. The summed E-state index contributed by atoms with van der Waals surface area (Å²) in [4.78, 5) is 21.6. The molecular formula is C22H23ClIN5O5S. The average Bonchev–Trinajstić information content (AvgIpc) is 3.40. The molecule has 0 aliphatic heterocycles. The van der Waals surface area contributed by atoms with Crippen LogP contribution in [0.5, 0.6) is 0 Å². The Hall–Kier alpha value is -1.97. The van der Waals surface area contributed by atoms with Crippen LogP contribution in [0.1, 0.15) is 40.2 Å². The van der Waals surface area contributed by atoms with Crippen molar-refractivity contribution in [1.82, 2.24) is 19.7 Å². The van der Waals surface area contributed by atoms with Gasteiger partial charge >= 0.3 is 10.3 Å². The Morgan fingerprint density at radius 2 is 2.11 bits per heavy atom. The van der Waals surface area contributed by atoms with Gasteiger partial charge in [-0.25, -0.2) is 15.1 Å². The van der Waals surface area contributed by atoms with E-state index in [0.29, 0.717) is 42.1 Å². The van der Waals surface area contributed by atoms with Crippen LogP contribution in [-0.2, 0) is 27.5 Å². The van der Waals surface area contributed by atoms with E-state index >= 15 is 0 Å². The number of aliphatic hydroxyl groups excluding tert-OH is 1. The van der Waals surface area contributed by atoms with Gasteiger partial charge in [0.15, 0.2) is 0 Å². The lowest BCUT2D eigenvalue weighted by Gasteiger charge is -2.13. The summed E-state index contributed by atoms with van der Waals surface area (Å²) in [5.41, 5.74) is 2.04. The number of aliphatic hydroxyl groups is 1. The number of nitrogens with two attached hydrogens (primary N) is 1. The first-order valence-corrected chi connectivity index (χ1v) is 13.7. The Labute approximate surface area is 221 Å². The van der Waals surface area contributed by atoms with Gasteiger partial charge in [0.1, 0.15) is 12.0 Å². The number of carbonyl (C=O) groups is 1. The maximum absolute atomic E-state index is 13.2. The zero-order chi connectivity index (χ0) is 25.2. The van der Waals surface area contributed by atoms with E-state index in [1.54, 1.807) is 16.9 Å². The van der Waals surface area contributed by atoms with E-state index in [0.717, 1.165) is 9.13 Å². The van der Waals surface area contributed by atoms with Crippen LogP contribution in [0.2, 0.25) is 5.02 Å². The Balaban J connectivity index is 1.46. The first-order chi connectivity index (χ1) is 16.6. The molecule has 1 saturated carbocycles. The highest BCUT2D eigenvalue weighted by Crippen LogP contribution is 2.34. The van der Waals surface area contributed by atoms with Crippen molar-refractivity contribution in [3.05, 3.63) is 74.1 Å². The second kappa shape index (κ2) is 11.0. The van der Waals surface area contributed by atoms with Crippen LogP contribution in [0.15, 0.2) is 43.0 Å². The predicted molar refractivity (Wildman–Crippen MR) is 136 cm³/mol. The van der Waals surface area contributed by atoms with Gasteiger partial charge < -0.3 is 5.11 Å². The van der Waals surface area contributed by atoms with E-state index < -0.39 is 16.4 Å². The van der Waals surface area contributed by atoms with Crippen LogP contribution >= 0.6 is 34.2 Å². The highest BCUT2D eigenvalue weighted by Gasteiger charge is 2.35. The third-order valence-corrected chi connectivity index (χ3v) is 7.44. The number of hydrogen-bond acceptors (Lipinski definition) is 8. The highest BCUT2D eigenvalue weighted by molar-refractivity contribution is 14.1. The van der Waals surface area contributed by atoms with Gasteiger partial charge in [-0.15, -0.1) is 0 Å². The Morgan fingerprint density at radius 1 is 1.31 bits per heavy atom. The highest BCUT2D eigenvalue weighted by atomic mass is 127. The number of nitrogens with zero attached hydrogens (tertiary/aromatic N) is 4. The molecule has 10 nitrogen and oxygen atoms in total. The number of aromatic nitrogens is 4. The standard InChI is InChI=1S/C22H23ClIN5O5S/c23-18-2-1-16(24)8-14(18)10-29-4-3-19(28-29)22(31)17-9-26-12-27-20(17)6-13-5-15(21(30)7-13)11-34-35(25,32)33/h1-4,8-9,12-13,15,21,30H,5-7,10-11H2,(H2,25,32,33)/t13-,15+,21-/m0/s1. The van der Waals surface area contributed by atoms with E-state index in [1.807, 2.05) is 18.2 Å². The molecule has 4 rings (SSSR count). The lowest BCUT2D eigenvalue weighted by molar-refractivity contribution is 0.100. The van der Waals surface area contributed by atoms with Crippen LogP contribution in [0.4, 0.5) is 0 Å². The van der Waals surface area contributed by atoms with E-state index in [1.165, 1.54) is 12.5 Å². The molecule has 0 unspecified atom stereocenters. The number of benzene rings is 1. The van der Waals surface area contributed by atoms with E-state index in [9.17, 15) is 18.3 Å². The molecule has 2 aromatic heterocycles. The summed E-state index contributed by atoms with van der Waals surface area (Å²) in [6.07, 6.45) is 5.19. The molecule has 0 radical (unpaired) electrons. The average molecular weight is 632 g/mol. The molecule has 35 heavy (non-hydrogen) atoms. The summed E-state index contributed by atoms with van der Waals surface area (Å²) in [5, 5.41) is 20.2. The monoisotopic (exact) mass is 631 g/mol. The molecule has 0 bridgehead atoms. The van der Waals surface area contributed by atoms with Crippen molar-refractivity contribution in [1.29, 1.82) is 0 Å². The maximum atomic E-state index is 13.2. The molecule has 3 N–H and O–H groups in total. The van der Waals surface area contributed by atoms with Crippen LogP contribution in [-0.4, -0.2) is 51.8 Å². The fourth-order valence-electron chi connectivity index (χ4n) is 4.27. The molecule has 0 spiro atoms. The molecule has 3 aromatic rings. The third-order valence-electron chi connectivity index (χ3n) is 5.94. The number of rotatable bonds is 9. The van der Waals surface area contributed by atoms with Crippen molar-refractivity contribution in [2.75, 3.05) is 6.61 Å². The molecule has 0 saturated heterocycles. The number of halogens is 2. The minimum atomic E-state index is -4.08. The van der Waals surface area contributed by atoms with Crippen LogP contribution < -0.4 is 5.14 Å². The Bertz CT molecular complexity index is 1340. The van der Waals surface area contributed by atoms with Crippen molar-refractivity contribution in [3.63, 3.8) is 0 Å². The quantitative estimate of drug-likeness (QED) is 0.270. The summed E-state index contributed by atoms with van der Waals surface area (Å²) in [5.74, 6) is -0.690. The van der Waals surface area contributed by atoms with Crippen molar-refractivity contribution in [2.24, 2.45) is 17.0 Å². The summed E-state index contributed by atoms with van der Waals surface area (Å²) in [7, 11) is -4.08. The Kier molecular flexibility index (Phi) is 8.18. The smallest absolute Gasteiger partial charge is 0.333 e. The van der Waals surface area contributed by atoms with E-state index in [-0.39, 0.29) is 29.9 Å². The van der Waals surface area contributed by atoms with Crippen molar-refractivity contribution in [3.8, 4) is 0 Å². The van der Waals surface area contributed by atoms with Gasteiger partial charge in [-0.05, 0) is 77.6 Å². The third kappa shape index (κ3) is 6.83. The maximum Gasteiger partial charge on any atom is 0.333 e. The molecule has 2 heterocycles. The first-order valence-electron chi connectivity index (χ1n) is 10.7. The molecule has 1 aliphatic rings. The van der Waals surface area contributed by atoms with Crippen molar-refractivity contribution >= 4 is 50.3 Å². The lowest BCUT2D eigenvalue weighted by atomic mass is 9.96. The predicted octanol–water partition coefficient (Wildman–Crippen LogP) is 2.36. The summed E-state index contributed by atoms with van der Waals surface area (Å²) in [6, 6.07) is 7.35. The van der Waals surface area contributed by atoms with Gasteiger partial charge in [-0.2, -0.15) is 13.5 Å². The molecular weight excluding hydrogens is 609 g/mol. The van der Waals surface area contributed by atoms with Crippen LogP contribution in [0.3, 0.4) is 0 Å².